The smallest absolute Gasteiger partial charge is 0.230 e. The highest BCUT2D eigenvalue weighted by Crippen LogP contribution is 2.45. The quantitative estimate of drug-likeness (QED) is 0.719. The maximum atomic E-state index is 13.3. The van der Waals surface area contributed by atoms with Gasteiger partial charge in [0.1, 0.15) is 5.82 Å². The fourth-order valence-electron chi connectivity index (χ4n) is 5.01. The molecule has 0 unspecified atom stereocenters. The molecule has 3 aliphatic rings. The van der Waals surface area contributed by atoms with Gasteiger partial charge in [-0.2, -0.15) is 0 Å². The molecule has 0 spiro atoms. The maximum Gasteiger partial charge on any atom is 0.230 e. The largest absolute Gasteiger partial charge is 0.342 e. The summed E-state index contributed by atoms with van der Waals surface area (Å²) in [6.07, 6.45) is 7.49. The van der Waals surface area contributed by atoms with Crippen molar-refractivity contribution in [3.05, 3.63) is 23.4 Å². The van der Waals surface area contributed by atoms with E-state index in [1.165, 1.54) is 12.6 Å². The molecule has 1 aliphatic carbocycles. The normalized spacial score (nSPS) is 26.7. The topological polar surface area (TPSA) is 74.3 Å². The van der Waals surface area contributed by atoms with Crippen LogP contribution in [0.15, 0.2) is 18.3 Å². The van der Waals surface area contributed by atoms with Gasteiger partial charge in [-0.25, -0.2) is 4.98 Å². The average Bonchev–Trinajstić information content (AvgIpc) is 3.14. The van der Waals surface area contributed by atoms with E-state index in [9.17, 15) is 9.59 Å². The predicted molar refractivity (Wildman–Crippen MR) is 119 cm³/mol. The third kappa shape index (κ3) is 4.98. The van der Waals surface area contributed by atoms with Gasteiger partial charge in [-0.1, -0.05) is 24.4 Å². The van der Waals surface area contributed by atoms with Gasteiger partial charge in [-0.05, 0) is 50.3 Å². The van der Waals surface area contributed by atoms with Gasteiger partial charge in [0.05, 0.1) is 10.4 Å². The number of likely N-dealkylation sites (tertiary alicyclic amines) is 1. The number of carbonyl (C=O) groups excluding carboxylic acids is 2. The van der Waals surface area contributed by atoms with E-state index in [0.29, 0.717) is 48.6 Å². The number of hydrogen-bond acceptors (Lipinski definition) is 4. The van der Waals surface area contributed by atoms with Gasteiger partial charge in [0, 0.05) is 31.7 Å². The van der Waals surface area contributed by atoms with Crippen LogP contribution in [0.25, 0.3) is 0 Å². The molecule has 1 saturated carbocycles. The Morgan fingerprint density at radius 2 is 1.93 bits per heavy atom. The van der Waals surface area contributed by atoms with Crippen LogP contribution in [0.5, 0.6) is 0 Å². The van der Waals surface area contributed by atoms with Gasteiger partial charge in [-0.15, -0.1) is 24.8 Å². The van der Waals surface area contributed by atoms with E-state index in [-0.39, 0.29) is 42.1 Å². The van der Waals surface area contributed by atoms with Crippen LogP contribution in [0.2, 0.25) is 5.02 Å². The van der Waals surface area contributed by atoms with Gasteiger partial charge in [0.15, 0.2) is 0 Å². The average molecular weight is 464 g/mol. The van der Waals surface area contributed by atoms with Crippen LogP contribution >= 0.6 is 36.4 Å². The standard InChI is InChI=1S/C20H27ClN4O2.2ClH/c21-16-4-5-17(23-12-16)24-18(26)14-6-9-25(10-7-14)19(27)20-8-2-1-3-15(20)11-22-13-20;;/h4-5,12,14-15,22H,1-3,6-11,13H2,(H,23,24,26);2*1H/t15-,20+;;/m0../s1. The van der Waals surface area contributed by atoms with Crippen LogP contribution in [0.1, 0.15) is 38.5 Å². The Balaban J connectivity index is 0.00000150. The molecule has 0 bridgehead atoms. The van der Waals surface area contributed by atoms with Gasteiger partial charge < -0.3 is 15.5 Å². The highest BCUT2D eigenvalue weighted by Gasteiger charge is 2.51. The number of aromatic nitrogens is 1. The van der Waals surface area contributed by atoms with Crippen molar-refractivity contribution >= 4 is 54.0 Å². The number of halogens is 3. The van der Waals surface area contributed by atoms with E-state index in [2.05, 4.69) is 15.6 Å². The number of amides is 2. The molecule has 0 aromatic carbocycles. The predicted octanol–water partition coefficient (Wildman–Crippen LogP) is 3.54. The Kier molecular flexibility index (Phi) is 8.59. The number of fused-ring (bicyclic) bond motifs is 1. The van der Waals surface area contributed by atoms with Crippen LogP contribution in [0.3, 0.4) is 0 Å². The van der Waals surface area contributed by atoms with E-state index >= 15 is 0 Å². The molecular weight excluding hydrogens is 435 g/mol. The summed E-state index contributed by atoms with van der Waals surface area (Å²) in [4.78, 5) is 32.0. The molecule has 1 aromatic rings. The highest BCUT2D eigenvalue weighted by molar-refractivity contribution is 6.30. The van der Waals surface area contributed by atoms with E-state index < -0.39 is 0 Å². The Hall–Kier alpha value is -1.08. The summed E-state index contributed by atoms with van der Waals surface area (Å²) in [6.45, 7) is 3.12. The zero-order chi connectivity index (χ0) is 18.9. The number of pyridine rings is 1. The molecule has 4 rings (SSSR count). The summed E-state index contributed by atoms with van der Waals surface area (Å²) in [5.41, 5.74) is -0.194. The van der Waals surface area contributed by atoms with Crippen molar-refractivity contribution in [2.75, 3.05) is 31.5 Å². The number of hydrogen-bond donors (Lipinski definition) is 2. The zero-order valence-electron chi connectivity index (χ0n) is 16.4. The molecule has 6 nitrogen and oxygen atoms in total. The summed E-state index contributed by atoms with van der Waals surface area (Å²) >= 11 is 5.83. The number of carbonyl (C=O) groups is 2. The Morgan fingerprint density at radius 3 is 2.62 bits per heavy atom. The lowest BCUT2D eigenvalue weighted by Gasteiger charge is -2.42. The molecule has 2 N–H and O–H groups in total. The van der Waals surface area contributed by atoms with E-state index in [1.807, 2.05) is 4.90 Å². The lowest BCUT2D eigenvalue weighted by molar-refractivity contribution is -0.147. The number of nitrogens with one attached hydrogen (secondary N) is 2. The number of piperidine rings is 1. The minimum absolute atomic E-state index is 0. The first-order chi connectivity index (χ1) is 13.1. The second kappa shape index (κ2) is 10.3. The molecule has 2 aliphatic heterocycles. The van der Waals surface area contributed by atoms with Crippen molar-refractivity contribution in [1.29, 1.82) is 0 Å². The maximum absolute atomic E-state index is 13.3. The zero-order valence-corrected chi connectivity index (χ0v) is 18.8. The van der Waals surface area contributed by atoms with Crippen LogP contribution in [0, 0.1) is 17.3 Å². The van der Waals surface area contributed by atoms with Crippen LogP contribution in [-0.4, -0.2) is 47.9 Å². The first-order valence-electron chi connectivity index (χ1n) is 10.0. The van der Waals surface area contributed by atoms with E-state index in [4.69, 9.17) is 11.6 Å². The third-order valence-electron chi connectivity index (χ3n) is 6.60. The number of nitrogens with zero attached hydrogens (tertiary/aromatic N) is 2. The van der Waals surface area contributed by atoms with Crippen molar-refractivity contribution < 1.29 is 9.59 Å². The van der Waals surface area contributed by atoms with E-state index in [0.717, 1.165) is 32.4 Å². The van der Waals surface area contributed by atoms with Crippen LogP contribution < -0.4 is 10.6 Å². The minimum atomic E-state index is -0.194. The molecule has 1 aromatic heterocycles. The lowest BCUT2D eigenvalue weighted by Crippen LogP contribution is -2.52. The van der Waals surface area contributed by atoms with Gasteiger partial charge in [0.25, 0.3) is 0 Å². The van der Waals surface area contributed by atoms with Crippen molar-refractivity contribution in [2.24, 2.45) is 17.3 Å². The van der Waals surface area contributed by atoms with Crippen molar-refractivity contribution in [1.82, 2.24) is 15.2 Å². The summed E-state index contributed by atoms with van der Waals surface area (Å²) < 4.78 is 0. The molecule has 2 amide bonds. The Labute approximate surface area is 189 Å². The molecule has 2 atom stereocenters. The van der Waals surface area contributed by atoms with Gasteiger partial charge in [0.2, 0.25) is 11.8 Å². The fraction of sp³-hybridized carbons (Fsp3) is 0.650. The van der Waals surface area contributed by atoms with Crippen LogP contribution in [-0.2, 0) is 9.59 Å². The number of anilines is 1. The van der Waals surface area contributed by atoms with Crippen molar-refractivity contribution in [2.45, 2.75) is 38.5 Å². The molecule has 2 saturated heterocycles. The van der Waals surface area contributed by atoms with Gasteiger partial charge in [-0.3, -0.25) is 9.59 Å². The molecule has 9 heteroatoms. The summed E-state index contributed by atoms with van der Waals surface area (Å²) in [7, 11) is 0. The Morgan fingerprint density at radius 1 is 1.17 bits per heavy atom. The van der Waals surface area contributed by atoms with Gasteiger partial charge >= 0.3 is 0 Å². The lowest BCUT2D eigenvalue weighted by atomic mass is 9.67. The third-order valence-corrected chi connectivity index (χ3v) is 6.82. The second-order valence-corrected chi connectivity index (χ2v) is 8.58. The molecule has 162 valence electrons. The summed E-state index contributed by atoms with van der Waals surface area (Å²) in [5, 5.41) is 6.86. The van der Waals surface area contributed by atoms with Crippen molar-refractivity contribution in [3.63, 3.8) is 0 Å². The summed E-state index contributed by atoms with van der Waals surface area (Å²) in [5.74, 6) is 1.22. The monoisotopic (exact) mass is 462 g/mol. The SMILES string of the molecule is Cl.Cl.O=C(Nc1ccc(Cl)cn1)C1CCN(C(=O)[C@@]23CCCC[C@H]2CNC3)CC1. The first kappa shape index (κ1) is 24.2. The first-order valence-corrected chi connectivity index (χ1v) is 10.4. The number of rotatable bonds is 3. The molecular formula is C20H29Cl3N4O2. The minimum Gasteiger partial charge on any atom is -0.342 e. The molecule has 0 radical (unpaired) electrons. The second-order valence-electron chi connectivity index (χ2n) is 8.15. The highest BCUT2D eigenvalue weighted by atomic mass is 35.5. The Bertz CT molecular complexity index is 710. The van der Waals surface area contributed by atoms with Crippen molar-refractivity contribution in [3.8, 4) is 0 Å². The van der Waals surface area contributed by atoms with Crippen LogP contribution in [0.4, 0.5) is 5.82 Å². The van der Waals surface area contributed by atoms with E-state index in [1.54, 1.807) is 12.1 Å². The fourth-order valence-corrected chi connectivity index (χ4v) is 5.12. The summed E-state index contributed by atoms with van der Waals surface area (Å²) in [6, 6.07) is 3.41. The molecule has 3 fully saturated rings. The molecule has 29 heavy (non-hydrogen) atoms. The molecule has 3 heterocycles.